The van der Waals surface area contributed by atoms with E-state index in [-0.39, 0.29) is 17.7 Å². The van der Waals surface area contributed by atoms with Crippen molar-refractivity contribution in [2.75, 3.05) is 0 Å². The van der Waals surface area contributed by atoms with E-state index in [9.17, 15) is 4.79 Å². The average Bonchev–Trinajstić information content (AvgIpc) is 2.97. The largest absolute Gasteiger partial charge is 0.328 e. The summed E-state index contributed by atoms with van der Waals surface area (Å²) in [6.45, 7) is 0. The minimum Gasteiger partial charge on any atom is -0.328 e. The number of para-hydroxylation sites is 1. The molecule has 4 nitrogen and oxygen atoms in total. The number of benzene rings is 1. The zero-order chi connectivity index (χ0) is 13.9. The fraction of sp³-hybridized carbons (Fsp3) is 0.375. The van der Waals surface area contributed by atoms with Gasteiger partial charge in [0.15, 0.2) is 5.78 Å². The predicted octanol–water partition coefficient (Wildman–Crippen LogP) is 2.57. The first-order chi connectivity index (χ1) is 9.75. The van der Waals surface area contributed by atoms with Crippen molar-refractivity contribution < 1.29 is 4.79 Å². The average molecular weight is 269 g/mol. The lowest BCUT2D eigenvalue weighted by Crippen LogP contribution is -2.32. The Morgan fingerprint density at radius 3 is 2.75 bits per heavy atom. The fourth-order valence-corrected chi connectivity index (χ4v) is 2.94. The van der Waals surface area contributed by atoms with Gasteiger partial charge in [-0.3, -0.25) is 4.79 Å². The van der Waals surface area contributed by atoms with Crippen LogP contribution < -0.4 is 5.73 Å². The number of carbonyl (C=O) groups excluding carboxylic acids is 1. The van der Waals surface area contributed by atoms with Crippen LogP contribution >= 0.6 is 0 Å². The van der Waals surface area contributed by atoms with Gasteiger partial charge >= 0.3 is 0 Å². The molecule has 2 N–H and O–H groups in total. The molecule has 0 bridgehead atoms. The van der Waals surface area contributed by atoms with Gasteiger partial charge in [-0.25, -0.2) is 4.68 Å². The van der Waals surface area contributed by atoms with Crippen molar-refractivity contribution in [3.8, 4) is 5.69 Å². The van der Waals surface area contributed by atoms with Crippen LogP contribution in [-0.4, -0.2) is 21.6 Å². The van der Waals surface area contributed by atoms with E-state index in [1.807, 2.05) is 30.3 Å². The smallest absolute Gasteiger partial charge is 0.184 e. The van der Waals surface area contributed by atoms with E-state index >= 15 is 0 Å². The molecule has 2 aromatic rings. The van der Waals surface area contributed by atoms with Crippen LogP contribution in [0.4, 0.5) is 0 Å². The van der Waals surface area contributed by atoms with Crippen molar-refractivity contribution in [3.63, 3.8) is 0 Å². The van der Waals surface area contributed by atoms with E-state index in [4.69, 9.17) is 5.73 Å². The Balaban J connectivity index is 1.88. The van der Waals surface area contributed by atoms with Crippen molar-refractivity contribution in [2.24, 2.45) is 11.7 Å². The first kappa shape index (κ1) is 13.1. The number of carbonyl (C=O) groups is 1. The van der Waals surface area contributed by atoms with Crippen molar-refractivity contribution >= 4 is 5.78 Å². The Labute approximate surface area is 118 Å². The quantitative estimate of drug-likeness (QED) is 0.871. The Kier molecular flexibility index (Phi) is 3.65. The maximum Gasteiger partial charge on any atom is 0.184 e. The first-order valence-electron chi connectivity index (χ1n) is 7.15. The van der Waals surface area contributed by atoms with Gasteiger partial charge in [-0.2, -0.15) is 5.10 Å². The number of rotatable bonds is 3. The van der Waals surface area contributed by atoms with Crippen LogP contribution in [-0.2, 0) is 0 Å². The summed E-state index contributed by atoms with van der Waals surface area (Å²) in [6.07, 6.45) is 5.48. The van der Waals surface area contributed by atoms with Crippen molar-refractivity contribution in [3.05, 3.63) is 48.3 Å². The molecule has 2 atom stereocenters. The van der Waals surface area contributed by atoms with E-state index < -0.39 is 0 Å². The lowest BCUT2D eigenvalue weighted by molar-refractivity contribution is 0.0873. The highest BCUT2D eigenvalue weighted by Crippen LogP contribution is 2.27. The van der Waals surface area contributed by atoms with Gasteiger partial charge < -0.3 is 5.73 Å². The molecule has 20 heavy (non-hydrogen) atoms. The van der Waals surface area contributed by atoms with Crippen LogP contribution in [0.25, 0.3) is 5.69 Å². The van der Waals surface area contributed by atoms with E-state index in [0.717, 1.165) is 31.4 Å². The van der Waals surface area contributed by atoms with E-state index in [1.165, 1.54) is 0 Å². The summed E-state index contributed by atoms with van der Waals surface area (Å²) in [5.74, 6) is 0.208. The maximum atomic E-state index is 12.7. The van der Waals surface area contributed by atoms with E-state index in [2.05, 4.69) is 5.10 Å². The van der Waals surface area contributed by atoms with Gasteiger partial charge in [0.2, 0.25) is 0 Å². The second-order valence-electron chi connectivity index (χ2n) is 5.45. The van der Waals surface area contributed by atoms with Crippen LogP contribution in [0.3, 0.4) is 0 Å². The second-order valence-corrected chi connectivity index (χ2v) is 5.45. The van der Waals surface area contributed by atoms with Gasteiger partial charge in [0.05, 0.1) is 11.9 Å². The van der Waals surface area contributed by atoms with E-state index in [1.54, 1.807) is 16.9 Å². The van der Waals surface area contributed by atoms with Gasteiger partial charge in [0.1, 0.15) is 5.69 Å². The van der Waals surface area contributed by atoms with Gasteiger partial charge in [-0.1, -0.05) is 24.6 Å². The third-order valence-electron chi connectivity index (χ3n) is 3.98. The molecular formula is C16H19N3O. The number of Topliss-reactive ketones (excluding diaryl/α,β-unsaturated/α-hetero) is 1. The van der Waals surface area contributed by atoms with Crippen molar-refractivity contribution in [2.45, 2.75) is 31.7 Å². The molecule has 4 heteroatoms. The normalized spacial score (nSPS) is 22.6. The Morgan fingerprint density at radius 1 is 1.20 bits per heavy atom. The summed E-state index contributed by atoms with van der Waals surface area (Å²) in [6, 6.07) is 11.7. The molecular weight excluding hydrogens is 250 g/mol. The summed E-state index contributed by atoms with van der Waals surface area (Å²) in [7, 11) is 0. The summed E-state index contributed by atoms with van der Waals surface area (Å²) in [4.78, 5) is 12.7. The summed E-state index contributed by atoms with van der Waals surface area (Å²) >= 11 is 0. The molecule has 0 amide bonds. The maximum absolute atomic E-state index is 12.7. The molecule has 3 rings (SSSR count). The minimum absolute atomic E-state index is 0.0397. The van der Waals surface area contributed by atoms with Crippen LogP contribution in [0.5, 0.6) is 0 Å². The number of nitrogens with two attached hydrogens (primary N) is 1. The summed E-state index contributed by atoms with van der Waals surface area (Å²) < 4.78 is 1.72. The molecule has 104 valence electrons. The SMILES string of the molecule is NC1CCCC(C(=O)c2ccnn2-c2ccccc2)C1. The van der Waals surface area contributed by atoms with E-state index in [0.29, 0.717) is 5.69 Å². The molecule has 1 aliphatic rings. The molecule has 0 saturated heterocycles. The molecule has 0 spiro atoms. The standard InChI is InChI=1S/C16H19N3O/c17-13-6-4-5-12(11-13)16(20)15-9-10-18-19(15)14-7-2-1-3-8-14/h1-3,7-10,12-13H,4-6,11,17H2. The highest BCUT2D eigenvalue weighted by molar-refractivity contribution is 5.96. The highest BCUT2D eigenvalue weighted by Gasteiger charge is 2.28. The predicted molar refractivity (Wildman–Crippen MR) is 77.8 cm³/mol. The molecule has 1 aromatic carbocycles. The Hall–Kier alpha value is -1.94. The third-order valence-corrected chi connectivity index (χ3v) is 3.98. The molecule has 1 heterocycles. The highest BCUT2D eigenvalue weighted by atomic mass is 16.1. The Bertz CT molecular complexity index is 591. The monoisotopic (exact) mass is 269 g/mol. The molecule has 1 aliphatic carbocycles. The fourth-order valence-electron chi connectivity index (χ4n) is 2.94. The number of hydrogen-bond donors (Lipinski definition) is 1. The van der Waals surface area contributed by atoms with Crippen LogP contribution in [0, 0.1) is 5.92 Å². The Morgan fingerprint density at radius 2 is 2.00 bits per heavy atom. The molecule has 1 fully saturated rings. The van der Waals surface area contributed by atoms with Crippen LogP contribution in [0.2, 0.25) is 0 Å². The summed E-state index contributed by atoms with van der Waals surface area (Å²) in [5.41, 5.74) is 7.57. The second kappa shape index (κ2) is 5.59. The van der Waals surface area contributed by atoms with Crippen LogP contribution in [0.1, 0.15) is 36.2 Å². The zero-order valence-corrected chi connectivity index (χ0v) is 11.4. The number of nitrogens with zero attached hydrogens (tertiary/aromatic N) is 2. The lowest BCUT2D eigenvalue weighted by atomic mass is 9.82. The summed E-state index contributed by atoms with van der Waals surface area (Å²) in [5, 5.41) is 4.29. The molecule has 1 saturated carbocycles. The van der Waals surface area contributed by atoms with Gasteiger partial charge in [0.25, 0.3) is 0 Å². The van der Waals surface area contributed by atoms with Gasteiger partial charge in [0, 0.05) is 12.0 Å². The van der Waals surface area contributed by atoms with Gasteiger partial charge in [-0.05, 0) is 37.5 Å². The third kappa shape index (κ3) is 2.51. The number of ketones is 1. The molecule has 0 aliphatic heterocycles. The number of aromatic nitrogens is 2. The van der Waals surface area contributed by atoms with Crippen LogP contribution in [0.15, 0.2) is 42.6 Å². The molecule has 2 unspecified atom stereocenters. The van der Waals surface area contributed by atoms with Gasteiger partial charge in [-0.15, -0.1) is 0 Å². The minimum atomic E-state index is 0.0397. The lowest BCUT2D eigenvalue weighted by Gasteiger charge is -2.25. The molecule has 0 radical (unpaired) electrons. The number of hydrogen-bond acceptors (Lipinski definition) is 3. The molecule has 1 aromatic heterocycles. The van der Waals surface area contributed by atoms with Crippen molar-refractivity contribution in [1.82, 2.24) is 9.78 Å². The first-order valence-corrected chi connectivity index (χ1v) is 7.15. The van der Waals surface area contributed by atoms with Crippen molar-refractivity contribution in [1.29, 1.82) is 0 Å². The topological polar surface area (TPSA) is 60.9 Å². The zero-order valence-electron chi connectivity index (χ0n) is 11.4.